The highest BCUT2D eigenvalue weighted by Gasteiger charge is 2.30. The van der Waals surface area contributed by atoms with Gasteiger partial charge in [-0.25, -0.2) is 0 Å². The molecule has 1 aliphatic carbocycles. The summed E-state index contributed by atoms with van der Waals surface area (Å²) < 4.78 is 37.6. The van der Waals surface area contributed by atoms with Crippen LogP contribution in [0.2, 0.25) is 0 Å². The summed E-state index contributed by atoms with van der Waals surface area (Å²) in [5, 5.41) is 3.06. The molecule has 0 heterocycles. The molecule has 1 aromatic rings. The number of ketones is 1. The molecule has 1 fully saturated rings. The average molecular weight is 257 g/mol. The molecule has 0 aromatic heterocycles. The van der Waals surface area contributed by atoms with Crippen LogP contribution >= 0.6 is 0 Å². The van der Waals surface area contributed by atoms with E-state index in [2.05, 4.69) is 5.32 Å². The molecule has 0 amide bonds. The fourth-order valence-corrected chi connectivity index (χ4v) is 2.11. The lowest BCUT2D eigenvalue weighted by Gasteiger charge is -2.23. The van der Waals surface area contributed by atoms with Crippen LogP contribution < -0.4 is 5.32 Å². The van der Waals surface area contributed by atoms with Crippen LogP contribution in [0, 0.1) is 0 Å². The van der Waals surface area contributed by atoms with Crippen molar-refractivity contribution in [2.75, 3.05) is 5.32 Å². The molecule has 1 aromatic carbocycles. The number of benzene rings is 1. The maximum atomic E-state index is 12.5. The molecule has 0 unspecified atom stereocenters. The molecule has 0 saturated heterocycles. The Balaban J connectivity index is 2.03. The van der Waals surface area contributed by atoms with Crippen molar-refractivity contribution in [2.24, 2.45) is 0 Å². The van der Waals surface area contributed by atoms with Crippen LogP contribution in [-0.4, -0.2) is 11.8 Å². The van der Waals surface area contributed by atoms with E-state index >= 15 is 0 Å². The Labute approximate surface area is 103 Å². The maximum Gasteiger partial charge on any atom is 0.416 e. The molecule has 0 spiro atoms. The van der Waals surface area contributed by atoms with Crippen molar-refractivity contribution in [2.45, 2.75) is 37.9 Å². The van der Waals surface area contributed by atoms with Gasteiger partial charge in [0, 0.05) is 24.6 Å². The summed E-state index contributed by atoms with van der Waals surface area (Å²) in [6.07, 6.45) is -1.92. The summed E-state index contributed by atoms with van der Waals surface area (Å²) in [5.41, 5.74) is -0.191. The zero-order valence-corrected chi connectivity index (χ0v) is 9.76. The zero-order chi connectivity index (χ0) is 13.2. The second-order valence-corrected chi connectivity index (χ2v) is 4.54. The smallest absolute Gasteiger partial charge is 0.382 e. The van der Waals surface area contributed by atoms with Crippen molar-refractivity contribution in [3.63, 3.8) is 0 Å². The Kier molecular flexibility index (Phi) is 3.59. The lowest BCUT2D eigenvalue weighted by molar-refractivity contribution is -0.137. The van der Waals surface area contributed by atoms with Crippen molar-refractivity contribution in [1.29, 1.82) is 0 Å². The largest absolute Gasteiger partial charge is 0.416 e. The van der Waals surface area contributed by atoms with Gasteiger partial charge in [-0.1, -0.05) is 6.07 Å². The van der Waals surface area contributed by atoms with Crippen molar-refractivity contribution >= 4 is 11.5 Å². The van der Waals surface area contributed by atoms with Gasteiger partial charge in [0.2, 0.25) is 0 Å². The second-order valence-electron chi connectivity index (χ2n) is 4.54. The Bertz CT molecular complexity index is 432. The molecule has 1 saturated carbocycles. The Hall–Kier alpha value is -1.52. The molecule has 0 radical (unpaired) electrons. The number of nitrogens with one attached hydrogen (secondary N) is 1. The Morgan fingerprint density at radius 2 is 1.83 bits per heavy atom. The fraction of sp³-hybridized carbons (Fsp3) is 0.462. The molecular formula is C13H14F3NO. The topological polar surface area (TPSA) is 29.1 Å². The Morgan fingerprint density at radius 1 is 1.17 bits per heavy atom. The third kappa shape index (κ3) is 3.24. The summed E-state index contributed by atoms with van der Waals surface area (Å²) in [6.45, 7) is 0. The van der Waals surface area contributed by atoms with Gasteiger partial charge in [0.15, 0.2) is 0 Å². The van der Waals surface area contributed by atoms with Crippen molar-refractivity contribution in [3.8, 4) is 0 Å². The highest BCUT2D eigenvalue weighted by Crippen LogP contribution is 2.31. The minimum absolute atomic E-state index is 0.0891. The second kappa shape index (κ2) is 5.00. The Morgan fingerprint density at radius 3 is 2.44 bits per heavy atom. The van der Waals surface area contributed by atoms with Crippen LogP contribution in [0.4, 0.5) is 18.9 Å². The third-order valence-electron chi connectivity index (χ3n) is 3.10. The van der Waals surface area contributed by atoms with Gasteiger partial charge in [-0.15, -0.1) is 0 Å². The number of anilines is 1. The van der Waals surface area contributed by atoms with E-state index in [1.54, 1.807) is 6.07 Å². The van der Waals surface area contributed by atoms with Crippen molar-refractivity contribution in [3.05, 3.63) is 29.8 Å². The van der Waals surface area contributed by atoms with E-state index in [9.17, 15) is 18.0 Å². The highest BCUT2D eigenvalue weighted by molar-refractivity contribution is 5.79. The highest BCUT2D eigenvalue weighted by atomic mass is 19.4. The predicted octanol–water partition coefficient (Wildman–Crippen LogP) is 3.63. The lowest BCUT2D eigenvalue weighted by atomic mass is 9.94. The van der Waals surface area contributed by atoms with Crippen LogP contribution in [-0.2, 0) is 11.0 Å². The first kappa shape index (κ1) is 12.9. The minimum atomic E-state index is -4.32. The summed E-state index contributed by atoms with van der Waals surface area (Å²) in [6, 6.07) is 5.25. The molecule has 2 rings (SSSR count). The molecule has 2 nitrogen and oxygen atoms in total. The van der Waals surface area contributed by atoms with E-state index in [0.717, 1.165) is 12.1 Å². The third-order valence-corrected chi connectivity index (χ3v) is 3.10. The van der Waals surface area contributed by atoms with Crippen LogP contribution in [0.1, 0.15) is 31.2 Å². The van der Waals surface area contributed by atoms with Crippen LogP contribution in [0.15, 0.2) is 24.3 Å². The quantitative estimate of drug-likeness (QED) is 0.876. The first-order valence-corrected chi connectivity index (χ1v) is 5.90. The van der Waals surface area contributed by atoms with Crippen LogP contribution in [0.25, 0.3) is 0 Å². The lowest BCUT2D eigenvalue weighted by Crippen LogP contribution is -2.26. The molecule has 1 aliphatic rings. The zero-order valence-electron chi connectivity index (χ0n) is 9.76. The number of rotatable bonds is 2. The average Bonchev–Trinajstić information content (AvgIpc) is 2.31. The number of hydrogen-bond acceptors (Lipinski definition) is 2. The van der Waals surface area contributed by atoms with E-state index in [4.69, 9.17) is 0 Å². The van der Waals surface area contributed by atoms with Crippen LogP contribution in [0.5, 0.6) is 0 Å². The molecule has 1 N–H and O–H groups in total. The summed E-state index contributed by atoms with van der Waals surface area (Å²) >= 11 is 0. The molecular weight excluding hydrogens is 243 g/mol. The van der Waals surface area contributed by atoms with Crippen molar-refractivity contribution in [1.82, 2.24) is 0 Å². The number of halogens is 3. The molecule has 0 bridgehead atoms. The number of carbonyl (C=O) groups excluding carboxylic acids is 1. The van der Waals surface area contributed by atoms with E-state index in [0.29, 0.717) is 31.4 Å². The number of hydrogen-bond donors (Lipinski definition) is 1. The van der Waals surface area contributed by atoms with Gasteiger partial charge in [-0.2, -0.15) is 13.2 Å². The standard InChI is InChI=1S/C13H14F3NO/c14-13(15,16)9-2-1-3-11(8-9)17-10-4-6-12(18)7-5-10/h1-3,8,10,17H,4-7H2. The number of alkyl halides is 3. The van der Waals surface area contributed by atoms with Gasteiger partial charge < -0.3 is 5.32 Å². The molecule has 0 aliphatic heterocycles. The maximum absolute atomic E-state index is 12.5. The van der Waals surface area contributed by atoms with E-state index < -0.39 is 11.7 Å². The van der Waals surface area contributed by atoms with Gasteiger partial charge in [0.1, 0.15) is 5.78 Å². The van der Waals surface area contributed by atoms with Gasteiger partial charge >= 0.3 is 6.18 Å². The van der Waals surface area contributed by atoms with Crippen molar-refractivity contribution < 1.29 is 18.0 Å². The molecule has 18 heavy (non-hydrogen) atoms. The first-order valence-electron chi connectivity index (χ1n) is 5.90. The van der Waals surface area contributed by atoms with Gasteiger partial charge in [-0.05, 0) is 31.0 Å². The molecule has 5 heteroatoms. The first-order chi connectivity index (χ1) is 8.45. The number of carbonyl (C=O) groups is 1. The van der Waals surface area contributed by atoms with E-state index in [1.807, 2.05) is 0 Å². The monoisotopic (exact) mass is 257 g/mol. The minimum Gasteiger partial charge on any atom is -0.382 e. The van der Waals surface area contributed by atoms with E-state index in [-0.39, 0.29) is 11.8 Å². The molecule has 0 atom stereocenters. The normalized spacial score (nSPS) is 17.8. The summed E-state index contributed by atoms with van der Waals surface area (Å²) in [7, 11) is 0. The summed E-state index contributed by atoms with van der Waals surface area (Å²) in [5.74, 6) is 0.233. The predicted molar refractivity (Wildman–Crippen MR) is 62.3 cm³/mol. The molecule has 98 valence electrons. The van der Waals surface area contributed by atoms with Gasteiger partial charge in [-0.3, -0.25) is 4.79 Å². The fourth-order valence-electron chi connectivity index (χ4n) is 2.11. The van der Waals surface area contributed by atoms with Gasteiger partial charge in [0.25, 0.3) is 0 Å². The number of Topliss-reactive ketones (excluding diaryl/α,β-unsaturated/α-hetero) is 1. The summed E-state index contributed by atoms with van der Waals surface area (Å²) in [4.78, 5) is 11.1. The SMILES string of the molecule is O=C1CCC(Nc2cccc(C(F)(F)F)c2)CC1. The van der Waals surface area contributed by atoms with Gasteiger partial charge in [0.05, 0.1) is 5.56 Å². The van der Waals surface area contributed by atoms with Crippen LogP contribution in [0.3, 0.4) is 0 Å². The van der Waals surface area contributed by atoms with E-state index in [1.165, 1.54) is 6.07 Å².